The zero-order chi connectivity index (χ0) is 6.53. The van der Waals surface area contributed by atoms with E-state index in [4.69, 9.17) is 0 Å². The molecule has 0 unspecified atom stereocenters. The van der Waals surface area contributed by atoms with Crippen molar-refractivity contribution in [2.75, 3.05) is 0 Å². The van der Waals surface area contributed by atoms with Crippen molar-refractivity contribution < 1.29 is 0 Å². The van der Waals surface area contributed by atoms with Gasteiger partial charge in [0.25, 0.3) is 0 Å². The highest BCUT2D eigenvalue weighted by molar-refractivity contribution is 7.17. The lowest BCUT2D eigenvalue weighted by molar-refractivity contribution is 0.513. The first-order valence-corrected chi connectivity index (χ1v) is 4.68. The van der Waals surface area contributed by atoms with Crippen LogP contribution >= 0.6 is 9.24 Å². The molecule has 0 aromatic rings. The van der Waals surface area contributed by atoms with E-state index in [2.05, 4.69) is 9.24 Å². The van der Waals surface area contributed by atoms with Gasteiger partial charge in [-0.05, 0) is 18.5 Å². The standard InChI is InChI=1S/C8H16P/c9-8-6-4-2-1-3-5-7-8/h8-9H,1-7H2. The topological polar surface area (TPSA) is 0 Å². The third-order valence-corrected chi connectivity index (χ3v) is 2.68. The quantitative estimate of drug-likeness (QED) is 0.456. The maximum atomic E-state index is 3.72. The molecular weight excluding hydrogens is 127 g/mol. The lowest BCUT2D eigenvalue weighted by Gasteiger charge is -2.13. The van der Waals surface area contributed by atoms with Crippen molar-refractivity contribution in [2.45, 2.75) is 50.6 Å². The molecule has 1 fully saturated rings. The zero-order valence-corrected chi connectivity index (χ0v) is 7.03. The van der Waals surface area contributed by atoms with Gasteiger partial charge in [-0.2, -0.15) is 0 Å². The van der Waals surface area contributed by atoms with E-state index in [1.54, 1.807) is 0 Å². The molecule has 0 spiro atoms. The lowest BCUT2D eigenvalue weighted by Crippen LogP contribution is -2.00. The Kier molecular flexibility index (Phi) is 3.58. The Labute approximate surface area is 60.6 Å². The highest BCUT2D eigenvalue weighted by Gasteiger charge is 2.04. The van der Waals surface area contributed by atoms with Gasteiger partial charge < -0.3 is 0 Å². The van der Waals surface area contributed by atoms with Crippen LogP contribution in [-0.4, -0.2) is 5.66 Å². The van der Waals surface area contributed by atoms with Gasteiger partial charge in [0.2, 0.25) is 0 Å². The van der Waals surface area contributed by atoms with Crippen molar-refractivity contribution in [3.05, 3.63) is 0 Å². The van der Waals surface area contributed by atoms with E-state index in [9.17, 15) is 0 Å². The van der Waals surface area contributed by atoms with Crippen LogP contribution in [-0.2, 0) is 0 Å². The number of rotatable bonds is 0. The Morgan fingerprint density at radius 2 is 1.22 bits per heavy atom. The highest BCUT2D eigenvalue weighted by atomic mass is 31.0. The Morgan fingerprint density at radius 1 is 0.778 bits per heavy atom. The lowest BCUT2D eigenvalue weighted by atomic mass is 10.0. The van der Waals surface area contributed by atoms with Crippen LogP contribution in [0.1, 0.15) is 44.9 Å². The molecule has 1 heteroatoms. The predicted octanol–water partition coefficient (Wildman–Crippen LogP) is 3.24. The first kappa shape index (κ1) is 7.54. The minimum absolute atomic E-state index is 0.824. The second-order valence-corrected chi connectivity index (χ2v) is 3.86. The van der Waals surface area contributed by atoms with E-state index in [1.165, 1.54) is 44.9 Å². The Bertz CT molecular complexity index is 63.0. The SMILES string of the molecule is [PH]C1CCCCCCC1. The molecule has 1 aliphatic carbocycles. The number of hydrogen-bond acceptors (Lipinski definition) is 0. The van der Waals surface area contributed by atoms with E-state index in [0.29, 0.717) is 0 Å². The van der Waals surface area contributed by atoms with E-state index in [1.807, 2.05) is 0 Å². The monoisotopic (exact) mass is 143 g/mol. The Balaban J connectivity index is 2.12. The molecule has 0 aliphatic heterocycles. The van der Waals surface area contributed by atoms with Crippen molar-refractivity contribution in [1.29, 1.82) is 0 Å². The summed E-state index contributed by atoms with van der Waals surface area (Å²) in [5, 5.41) is 0. The van der Waals surface area contributed by atoms with Gasteiger partial charge in [-0.3, -0.25) is 0 Å². The normalized spacial score (nSPS) is 25.0. The van der Waals surface area contributed by atoms with Crippen LogP contribution in [0.4, 0.5) is 0 Å². The second-order valence-electron chi connectivity index (χ2n) is 3.04. The summed E-state index contributed by atoms with van der Waals surface area (Å²) in [7, 11) is 3.72. The molecule has 1 rings (SSSR count). The second kappa shape index (κ2) is 4.28. The Hall–Kier alpha value is 0.430. The summed E-state index contributed by atoms with van der Waals surface area (Å²) in [6.07, 6.45) is 10.1. The maximum Gasteiger partial charge on any atom is -0.0200 e. The molecule has 0 bridgehead atoms. The fourth-order valence-electron chi connectivity index (χ4n) is 1.46. The van der Waals surface area contributed by atoms with Gasteiger partial charge in [-0.25, -0.2) is 0 Å². The van der Waals surface area contributed by atoms with Crippen LogP contribution in [0.25, 0.3) is 0 Å². The molecular formula is C8H16P. The largest absolute Gasteiger partial charge is 0.0958 e. The molecule has 0 amide bonds. The summed E-state index contributed by atoms with van der Waals surface area (Å²) in [6.45, 7) is 0. The van der Waals surface area contributed by atoms with Crippen LogP contribution in [0, 0.1) is 0 Å². The van der Waals surface area contributed by atoms with Crippen molar-refractivity contribution in [3.8, 4) is 0 Å². The summed E-state index contributed by atoms with van der Waals surface area (Å²) in [6, 6.07) is 0. The fourth-order valence-corrected chi connectivity index (χ4v) is 1.86. The van der Waals surface area contributed by atoms with Gasteiger partial charge in [0.15, 0.2) is 0 Å². The van der Waals surface area contributed by atoms with E-state index < -0.39 is 0 Å². The molecule has 0 nitrogen and oxygen atoms in total. The molecule has 9 heavy (non-hydrogen) atoms. The van der Waals surface area contributed by atoms with Crippen LogP contribution in [0.15, 0.2) is 0 Å². The van der Waals surface area contributed by atoms with Crippen molar-refractivity contribution in [3.63, 3.8) is 0 Å². The fraction of sp³-hybridized carbons (Fsp3) is 1.00. The number of hydrogen-bond donors (Lipinski definition) is 0. The maximum absolute atomic E-state index is 3.72. The van der Waals surface area contributed by atoms with Crippen LogP contribution in [0.2, 0.25) is 0 Å². The summed E-state index contributed by atoms with van der Waals surface area (Å²) < 4.78 is 0. The highest BCUT2D eigenvalue weighted by Crippen LogP contribution is 2.21. The summed E-state index contributed by atoms with van der Waals surface area (Å²) >= 11 is 0. The average molecular weight is 143 g/mol. The van der Waals surface area contributed by atoms with E-state index >= 15 is 0 Å². The van der Waals surface area contributed by atoms with Gasteiger partial charge in [0, 0.05) is 0 Å². The van der Waals surface area contributed by atoms with E-state index in [0.717, 1.165) is 5.66 Å². The smallest absolute Gasteiger partial charge is 0.0200 e. The molecule has 0 heterocycles. The first-order chi connectivity index (χ1) is 4.39. The molecule has 0 aromatic carbocycles. The van der Waals surface area contributed by atoms with Gasteiger partial charge in [-0.1, -0.05) is 41.3 Å². The third-order valence-electron chi connectivity index (χ3n) is 2.11. The molecule has 0 saturated heterocycles. The molecule has 53 valence electrons. The molecule has 1 radical (unpaired) electrons. The van der Waals surface area contributed by atoms with Gasteiger partial charge in [-0.15, -0.1) is 0 Å². The molecule has 1 saturated carbocycles. The van der Waals surface area contributed by atoms with Crippen LogP contribution < -0.4 is 0 Å². The first-order valence-electron chi connectivity index (χ1n) is 4.11. The minimum atomic E-state index is 0.824. The van der Waals surface area contributed by atoms with Gasteiger partial charge in [0.05, 0.1) is 0 Å². The molecule has 0 atom stereocenters. The Morgan fingerprint density at radius 3 is 1.78 bits per heavy atom. The van der Waals surface area contributed by atoms with Crippen molar-refractivity contribution in [1.82, 2.24) is 0 Å². The molecule has 0 aromatic heterocycles. The van der Waals surface area contributed by atoms with E-state index in [-0.39, 0.29) is 0 Å². The summed E-state index contributed by atoms with van der Waals surface area (Å²) in [5.41, 5.74) is 0.824. The third kappa shape index (κ3) is 3.20. The van der Waals surface area contributed by atoms with Crippen molar-refractivity contribution >= 4 is 9.24 Å². The predicted molar refractivity (Wildman–Crippen MR) is 44.4 cm³/mol. The minimum Gasteiger partial charge on any atom is -0.0958 e. The average Bonchev–Trinajstić information content (AvgIpc) is 1.79. The molecule has 1 aliphatic rings. The summed E-state index contributed by atoms with van der Waals surface area (Å²) in [4.78, 5) is 0. The zero-order valence-electron chi connectivity index (χ0n) is 6.03. The van der Waals surface area contributed by atoms with Crippen LogP contribution in [0.5, 0.6) is 0 Å². The molecule has 0 N–H and O–H groups in total. The van der Waals surface area contributed by atoms with Gasteiger partial charge >= 0.3 is 0 Å². The van der Waals surface area contributed by atoms with Gasteiger partial charge in [0.1, 0.15) is 0 Å². The van der Waals surface area contributed by atoms with Crippen LogP contribution in [0.3, 0.4) is 0 Å². The summed E-state index contributed by atoms with van der Waals surface area (Å²) in [5.74, 6) is 0. The van der Waals surface area contributed by atoms with Crippen molar-refractivity contribution in [2.24, 2.45) is 0 Å².